The summed E-state index contributed by atoms with van der Waals surface area (Å²) in [5, 5.41) is 0. The smallest absolute Gasteiger partial charge is 0.222 e. The number of hydrogen-bond donors (Lipinski definition) is 0. The molecule has 0 aromatic heterocycles. The first-order valence-corrected chi connectivity index (χ1v) is 11.1. The summed E-state index contributed by atoms with van der Waals surface area (Å²) in [6.07, 6.45) is 4.03. The van der Waals surface area contributed by atoms with E-state index in [0.29, 0.717) is 18.9 Å². The quantitative estimate of drug-likeness (QED) is 0.619. The van der Waals surface area contributed by atoms with Gasteiger partial charge in [0.25, 0.3) is 0 Å². The molecule has 0 aliphatic carbocycles. The third kappa shape index (κ3) is 6.09. The van der Waals surface area contributed by atoms with Gasteiger partial charge in [-0.05, 0) is 80.4 Å². The van der Waals surface area contributed by atoms with E-state index in [2.05, 4.69) is 43.0 Å². The first-order chi connectivity index (χ1) is 14.5. The van der Waals surface area contributed by atoms with E-state index in [0.717, 1.165) is 31.8 Å². The molecule has 1 aliphatic heterocycles. The number of benzene rings is 2. The fourth-order valence-corrected chi connectivity index (χ4v) is 4.38. The Morgan fingerprint density at radius 2 is 1.80 bits per heavy atom. The summed E-state index contributed by atoms with van der Waals surface area (Å²) in [6, 6.07) is 14.6. The van der Waals surface area contributed by atoms with E-state index in [-0.39, 0.29) is 5.91 Å². The Hall–Kier alpha value is -2.33. The van der Waals surface area contributed by atoms with Crippen LogP contribution in [0.25, 0.3) is 0 Å². The number of likely N-dealkylation sites (tertiary alicyclic amines) is 1. The van der Waals surface area contributed by atoms with Gasteiger partial charge in [-0.2, -0.15) is 0 Å². The summed E-state index contributed by atoms with van der Waals surface area (Å²) in [6.45, 7) is 8.20. The fourth-order valence-electron chi connectivity index (χ4n) is 4.38. The molecule has 0 atom stereocenters. The summed E-state index contributed by atoms with van der Waals surface area (Å²) < 4.78 is 5.44. The van der Waals surface area contributed by atoms with Crippen LogP contribution in [0.2, 0.25) is 0 Å². The van der Waals surface area contributed by atoms with Crippen molar-refractivity contribution < 1.29 is 9.53 Å². The van der Waals surface area contributed by atoms with Gasteiger partial charge in [-0.15, -0.1) is 0 Å². The Bertz CT molecular complexity index is 826. The Kier molecular flexibility index (Phi) is 7.92. The van der Waals surface area contributed by atoms with E-state index < -0.39 is 0 Å². The van der Waals surface area contributed by atoms with Gasteiger partial charge in [0.05, 0.1) is 7.11 Å². The molecule has 0 radical (unpaired) electrons. The van der Waals surface area contributed by atoms with E-state index in [4.69, 9.17) is 4.74 Å². The average molecular weight is 409 g/mol. The number of methoxy groups -OCH3 is 1. The Balaban J connectivity index is 1.41. The summed E-state index contributed by atoms with van der Waals surface area (Å²) in [4.78, 5) is 16.9. The van der Waals surface area contributed by atoms with Gasteiger partial charge in [-0.3, -0.25) is 9.69 Å². The second-order valence-corrected chi connectivity index (χ2v) is 8.74. The first-order valence-electron chi connectivity index (χ1n) is 11.1. The van der Waals surface area contributed by atoms with Crippen LogP contribution in [0.4, 0.5) is 0 Å². The third-order valence-corrected chi connectivity index (χ3v) is 6.41. The van der Waals surface area contributed by atoms with Gasteiger partial charge in [0.15, 0.2) is 0 Å². The Morgan fingerprint density at radius 3 is 2.47 bits per heavy atom. The molecule has 4 heteroatoms. The summed E-state index contributed by atoms with van der Waals surface area (Å²) in [5.74, 6) is 1.89. The van der Waals surface area contributed by atoms with Crippen LogP contribution in [0.5, 0.6) is 5.75 Å². The molecule has 0 bridgehead atoms. The molecule has 162 valence electrons. The van der Waals surface area contributed by atoms with E-state index in [9.17, 15) is 4.79 Å². The molecule has 4 nitrogen and oxygen atoms in total. The Labute approximate surface area is 181 Å². The van der Waals surface area contributed by atoms with E-state index >= 15 is 0 Å². The van der Waals surface area contributed by atoms with Crippen molar-refractivity contribution in [1.29, 1.82) is 0 Å². The number of piperidine rings is 1. The molecule has 2 aromatic carbocycles. The summed E-state index contributed by atoms with van der Waals surface area (Å²) in [7, 11) is 3.65. The van der Waals surface area contributed by atoms with Gasteiger partial charge in [-0.25, -0.2) is 0 Å². The molecule has 2 aromatic rings. The molecular formula is C26H36N2O2. The van der Waals surface area contributed by atoms with Crippen molar-refractivity contribution in [2.24, 2.45) is 5.92 Å². The van der Waals surface area contributed by atoms with Crippen LogP contribution in [0.3, 0.4) is 0 Å². The molecular weight excluding hydrogens is 372 g/mol. The number of carbonyl (C=O) groups is 1. The first kappa shape index (κ1) is 22.4. The maximum absolute atomic E-state index is 12.5. The molecule has 1 amide bonds. The number of aryl methyl sites for hydroxylation is 2. The summed E-state index contributed by atoms with van der Waals surface area (Å²) >= 11 is 0. The molecule has 30 heavy (non-hydrogen) atoms. The molecule has 0 spiro atoms. The van der Waals surface area contributed by atoms with Crippen LogP contribution < -0.4 is 4.74 Å². The number of nitrogens with zero attached hydrogens (tertiary/aromatic N) is 2. The lowest BCUT2D eigenvalue weighted by Gasteiger charge is -2.32. The van der Waals surface area contributed by atoms with Crippen molar-refractivity contribution in [2.45, 2.75) is 52.6 Å². The molecule has 0 unspecified atom stereocenters. The molecule has 0 N–H and O–H groups in total. The zero-order valence-corrected chi connectivity index (χ0v) is 19.0. The topological polar surface area (TPSA) is 32.8 Å². The van der Waals surface area contributed by atoms with Gasteiger partial charge >= 0.3 is 0 Å². The van der Waals surface area contributed by atoms with Crippen molar-refractivity contribution in [3.63, 3.8) is 0 Å². The predicted octanol–water partition coefficient (Wildman–Crippen LogP) is 4.96. The normalized spacial score (nSPS) is 15.2. The maximum Gasteiger partial charge on any atom is 0.222 e. The fraction of sp³-hybridized carbons (Fsp3) is 0.500. The van der Waals surface area contributed by atoms with Crippen LogP contribution >= 0.6 is 0 Å². The van der Waals surface area contributed by atoms with Crippen molar-refractivity contribution in [2.75, 3.05) is 27.2 Å². The highest BCUT2D eigenvalue weighted by molar-refractivity contribution is 5.75. The average Bonchev–Trinajstić information content (AvgIpc) is 2.76. The second kappa shape index (κ2) is 10.6. The van der Waals surface area contributed by atoms with Crippen LogP contribution in [-0.4, -0.2) is 43.0 Å². The predicted molar refractivity (Wildman–Crippen MR) is 123 cm³/mol. The highest BCUT2D eigenvalue weighted by atomic mass is 16.5. The molecule has 1 saturated heterocycles. The van der Waals surface area contributed by atoms with E-state index in [1.807, 2.05) is 30.1 Å². The number of ether oxygens (including phenoxy) is 1. The summed E-state index contributed by atoms with van der Waals surface area (Å²) in [5.41, 5.74) is 5.08. The van der Waals surface area contributed by atoms with Gasteiger partial charge in [-0.1, -0.05) is 36.4 Å². The lowest BCUT2D eigenvalue weighted by atomic mass is 9.91. The zero-order valence-electron chi connectivity index (χ0n) is 19.0. The molecule has 1 fully saturated rings. The maximum atomic E-state index is 12.5. The van der Waals surface area contributed by atoms with Crippen LogP contribution in [0.1, 0.15) is 47.9 Å². The van der Waals surface area contributed by atoms with E-state index in [1.54, 1.807) is 7.11 Å². The Morgan fingerprint density at radius 1 is 1.10 bits per heavy atom. The standard InChI is InChI=1S/C26H36N2O2/c1-20-17-25(30-4)21(2)16-24(20)19-28-14-12-22(13-15-28)10-11-26(29)27(3)18-23-8-6-5-7-9-23/h5-9,16-17,22H,10-15,18-19H2,1-4H3. The van der Waals surface area contributed by atoms with Gasteiger partial charge in [0.2, 0.25) is 5.91 Å². The number of amides is 1. The van der Waals surface area contributed by atoms with Gasteiger partial charge < -0.3 is 9.64 Å². The van der Waals surface area contributed by atoms with Crippen molar-refractivity contribution >= 4 is 5.91 Å². The van der Waals surface area contributed by atoms with Crippen LogP contribution in [-0.2, 0) is 17.9 Å². The third-order valence-electron chi connectivity index (χ3n) is 6.41. The minimum atomic E-state index is 0.255. The zero-order chi connectivity index (χ0) is 21.5. The number of hydrogen-bond acceptors (Lipinski definition) is 3. The van der Waals surface area contributed by atoms with Crippen molar-refractivity contribution in [1.82, 2.24) is 9.80 Å². The van der Waals surface area contributed by atoms with Gasteiger partial charge in [0, 0.05) is 26.6 Å². The minimum absolute atomic E-state index is 0.255. The van der Waals surface area contributed by atoms with E-state index in [1.165, 1.54) is 35.1 Å². The molecule has 1 aliphatic rings. The highest BCUT2D eigenvalue weighted by Gasteiger charge is 2.21. The van der Waals surface area contributed by atoms with Crippen LogP contribution in [0, 0.1) is 19.8 Å². The lowest BCUT2D eigenvalue weighted by Crippen LogP contribution is -2.34. The monoisotopic (exact) mass is 408 g/mol. The highest BCUT2D eigenvalue weighted by Crippen LogP contribution is 2.27. The SMILES string of the molecule is COc1cc(C)c(CN2CCC(CCC(=O)N(C)Cc3ccccc3)CC2)cc1C. The largest absolute Gasteiger partial charge is 0.496 e. The molecule has 3 rings (SSSR count). The number of rotatable bonds is 8. The van der Waals surface area contributed by atoms with Crippen LogP contribution in [0.15, 0.2) is 42.5 Å². The second-order valence-electron chi connectivity index (χ2n) is 8.74. The number of carbonyl (C=O) groups excluding carboxylic acids is 1. The van der Waals surface area contributed by atoms with Crippen molar-refractivity contribution in [3.8, 4) is 5.75 Å². The molecule has 0 saturated carbocycles. The molecule has 1 heterocycles. The van der Waals surface area contributed by atoms with Crippen molar-refractivity contribution in [3.05, 3.63) is 64.7 Å². The van der Waals surface area contributed by atoms with Gasteiger partial charge in [0.1, 0.15) is 5.75 Å². The minimum Gasteiger partial charge on any atom is -0.496 e. The lowest BCUT2D eigenvalue weighted by molar-refractivity contribution is -0.130.